The van der Waals surface area contributed by atoms with Crippen molar-refractivity contribution >= 4 is 12.6 Å². The van der Waals surface area contributed by atoms with Crippen LogP contribution in [0.4, 0.5) is 0 Å². The van der Waals surface area contributed by atoms with E-state index in [0.29, 0.717) is 0 Å². The predicted octanol–water partition coefficient (Wildman–Crippen LogP) is 2.01. The van der Waals surface area contributed by atoms with Gasteiger partial charge in [-0.15, -0.1) is 0 Å². The zero-order valence-electron chi connectivity index (χ0n) is 7.33. The molecule has 2 nitrogen and oxygen atoms in total. The fourth-order valence-electron chi connectivity index (χ4n) is 0.788. The van der Waals surface area contributed by atoms with Gasteiger partial charge < -0.3 is 4.79 Å². The quantitative estimate of drug-likeness (QED) is 0.595. The highest BCUT2D eigenvalue weighted by Gasteiger charge is 1.95. The third-order valence-electron chi connectivity index (χ3n) is 1.46. The molecule has 64 valence electrons. The summed E-state index contributed by atoms with van der Waals surface area (Å²) < 4.78 is 0. The van der Waals surface area contributed by atoms with Crippen molar-refractivity contribution in [2.45, 2.75) is 13.8 Å². The average molecular weight is 164 g/mol. The van der Waals surface area contributed by atoms with Crippen LogP contribution < -0.4 is 0 Å². The van der Waals surface area contributed by atoms with Gasteiger partial charge in [0.1, 0.15) is 6.79 Å². The number of carbonyl (C=O) groups excluding carboxylic acids is 2. The molecule has 0 unspecified atom stereocenters. The molecule has 0 aromatic heterocycles. The van der Waals surface area contributed by atoms with Crippen LogP contribution in [0.5, 0.6) is 0 Å². The van der Waals surface area contributed by atoms with Crippen LogP contribution in [0.15, 0.2) is 24.3 Å². The second-order valence-electron chi connectivity index (χ2n) is 2.42. The van der Waals surface area contributed by atoms with E-state index < -0.39 is 0 Å². The van der Waals surface area contributed by atoms with Gasteiger partial charge in [0.2, 0.25) is 0 Å². The molecule has 1 aromatic carbocycles. The van der Waals surface area contributed by atoms with E-state index in [2.05, 4.69) is 0 Å². The van der Waals surface area contributed by atoms with Gasteiger partial charge in [-0.25, -0.2) is 0 Å². The van der Waals surface area contributed by atoms with Crippen molar-refractivity contribution in [2.24, 2.45) is 0 Å². The van der Waals surface area contributed by atoms with Crippen LogP contribution in [0.1, 0.15) is 22.8 Å². The molecule has 0 aliphatic carbocycles. The summed E-state index contributed by atoms with van der Waals surface area (Å²) in [6, 6.07) is 7.57. The molecule has 1 aromatic rings. The lowest BCUT2D eigenvalue weighted by Gasteiger charge is -1.93. The Hall–Kier alpha value is -1.44. The molecule has 0 aliphatic rings. The number of ketones is 1. The number of benzene rings is 1. The van der Waals surface area contributed by atoms with Crippen molar-refractivity contribution in [1.29, 1.82) is 0 Å². The standard InChI is InChI=1S/C9H10O.CH2O/c1-7-3-5-9(6-4-7)8(2)10;1-2/h3-6H,1-2H3;1H2. The molecule has 0 saturated heterocycles. The van der Waals surface area contributed by atoms with Gasteiger partial charge in [-0.2, -0.15) is 0 Å². The third kappa shape index (κ3) is 3.10. The number of hydrogen-bond acceptors (Lipinski definition) is 2. The molecule has 0 heterocycles. The SMILES string of the molecule is C=O.CC(=O)c1ccc(C)cc1. The Balaban J connectivity index is 0.000000561. The van der Waals surface area contributed by atoms with Crippen LogP contribution in [0.2, 0.25) is 0 Å². The Labute approximate surface area is 72.2 Å². The second kappa shape index (κ2) is 5.24. The highest BCUT2D eigenvalue weighted by Crippen LogP contribution is 2.02. The number of aryl methyl sites for hydroxylation is 1. The fraction of sp³-hybridized carbons (Fsp3) is 0.200. The van der Waals surface area contributed by atoms with E-state index in [1.807, 2.05) is 38.0 Å². The smallest absolute Gasteiger partial charge is 0.159 e. The number of rotatable bonds is 1. The minimum Gasteiger partial charge on any atom is -0.307 e. The van der Waals surface area contributed by atoms with Crippen LogP contribution >= 0.6 is 0 Å². The van der Waals surface area contributed by atoms with E-state index in [4.69, 9.17) is 4.79 Å². The maximum atomic E-state index is 10.8. The molecular weight excluding hydrogens is 152 g/mol. The summed E-state index contributed by atoms with van der Waals surface area (Å²) in [6.45, 7) is 5.58. The van der Waals surface area contributed by atoms with Gasteiger partial charge >= 0.3 is 0 Å². The first kappa shape index (κ1) is 10.6. The van der Waals surface area contributed by atoms with Crippen molar-refractivity contribution in [2.75, 3.05) is 0 Å². The Morgan fingerprint density at radius 2 is 1.58 bits per heavy atom. The molecule has 0 aliphatic heterocycles. The van der Waals surface area contributed by atoms with Crippen LogP contribution in [0, 0.1) is 6.92 Å². The van der Waals surface area contributed by atoms with Gasteiger partial charge in [0, 0.05) is 5.56 Å². The molecule has 0 fully saturated rings. The molecule has 2 heteroatoms. The van der Waals surface area contributed by atoms with Gasteiger partial charge in [0.05, 0.1) is 0 Å². The van der Waals surface area contributed by atoms with Crippen molar-refractivity contribution < 1.29 is 9.59 Å². The lowest BCUT2D eigenvalue weighted by atomic mass is 10.1. The molecule has 0 atom stereocenters. The third-order valence-corrected chi connectivity index (χ3v) is 1.46. The first-order valence-electron chi connectivity index (χ1n) is 3.56. The summed E-state index contributed by atoms with van der Waals surface area (Å²) in [5.41, 5.74) is 1.97. The summed E-state index contributed by atoms with van der Waals surface area (Å²) >= 11 is 0. The molecule has 0 spiro atoms. The monoisotopic (exact) mass is 164 g/mol. The molecule has 0 radical (unpaired) electrons. The molecular formula is C10H12O2. The van der Waals surface area contributed by atoms with Crippen molar-refractivity contribution in [3.05, 3.63) is 35.4 Å². The maximum Gasteiger partial charge on any atom is 0.159 e. The van der Waals surface area contributed by atoms with Gasteiger partial charge in [0.15, 0.2) is 5.78 Å². The zero-order valence-corrected chi connectivity index (χ0v) is 7.33. The molecule has 1 rings (SSSR count). The molecule has 12 heavy (non-hydrogen) atoms. The Kier molecular flexibility index (Phi) is 4.61. The summed E-state index contributed by atoms with van der Waals surface area (Å²) in [7, 11) is 0. The van der Waals surface area contributed by atoms with Crippen molar-refractivity contribution in [3.8, 4) is 0 Å². The van der Waals surface area contributed by atoms with E-state index in [-0.39, 0.29) is 5.78 Å². The van der Waals surface area contributed by atoms with Gasteiger partial charge in [-0.1, -0.05) is 29.8 Å². The summed E-state index contributed by atoms with van der Waals surface area (Å²) in [5.74, 6) is 0.125. The fourth-order valence-corrected chi connectivity index (χ4v) is 0.788. The molecule has 0 amide bonds. The Bertz CT molecular complexity index is 249. The van der Waals surface area contributed by atoms with Crippen molar-refractivity contribution in [3.63, 3.8) is 0 Å². The van der Waals surface area contributed by atoms with Crippen molar-refractivity contribution in [1.82, 2.24) is 0 Å². The average Bonchev–Trinajstić information content (AvgIpc) is 2.09. The van der Waals surface area contributed by atoms with E-state index in [1.54, 1.807) is 6.92 Å². The molecule has 0 N–H and O–H groups in total. The lowest BCUT2D eigenvalue weighted by molar-refractivity contribution is -0.0979. The minimum atomic E-state index is 0.125. The van der Waals surface area contributed by atoms with E-state index in [0.717, 1.165) is 5.56 Å². The van der Waals surface area contributed by atoms with E-state index >= 15 is 0 Å². The van der Waals surface area contributed by atoms with E-state index in [1.165, 1.54) is 5.56 Å². The number of Topliss-reactive ketones (excluding diaryl/α,β-unsaturated/α-hetero) is 1. The minimum absolute atomic E-state index is 0.125. The first-order valence-corrected chi connectivity index (χ1v) is 3.56. The summed E-state index contributed by atoms with van der Waals surface area (Å²) in [5, 5.41) is 0. The van der Waals surface area contributed by atoms with Crippen LogP contribution in [-0.2, 0) is 4.79 Å². The highest BCUT2D eigenvalue weighted by molar-refractivity contribution is 5.93. The summed E-state index contributed by atoms with van der Waals surface area (Å²) in [4.78, 5) is 18.8. The Morgan fingerprint density at radius 1 is 1.17 bits per heavy atom. The summed E-state index contributed by atoms with van der Waals surface area (Å²) in [6.07, 6.45) is 0. The molecule has 0 bridgehead atoms. The topological polar surface area (TPSA) is 34.1 Å². The van der Waals surface area contributed by atoms with Gasteiger partial charge in [-0.05, 0) is 13.8 Å². The second-order valence-corrected chi connectivity index (χ2v) is 2.42. The predicted molar refractivity (Wildman–Crippen MR) is 48.3 cm³/mol. The van der Waals surface area contributed by atoms with Gasteiger partial charge in [0.25, 0.3) is 0 Å². The van der Waals surface area contributed by atoms with Crippen LogP contribution in [0.3, 0.4) is 0 Å². The zero-order chi connectivity index (χ0) is 9.56. The highest BCUT2D eigenvalue weighted by atomic mass is 16.1. The largest absolute Gasteiger partial charge is 0.307 e. The van der Waals surface area contributed by atoms with Crippen LogP contribution in [0.25, 0.3) is 0 Å². The van der Waals surface area contributed by atoms with Gasteiger partial charge in [-0.3, -0.25) is 4.79 Å². The normalized spacial score (nSPS) is 8.17. The lowest BCUT2D eigenvalue weighted by Crippen LogP contribution is -1.90. The van der Waals surface area contributed by atoms with E-state index in [9.17, 15) is 4.79 Å². The number of hydrogen-bond donors (Lipinski definition) is 0. The molecule has 0 saturated carbocycles. The first-order chi connectivity index (χ1) is 5.70. The number of carbonyl (C=O) groups is 2. The Morgan fingerprint density at radius 3 is 1.92 bits per heavy atom. The maximum absolute atomic E-state index is 10.8. The van der Waals surface area contributed by atoms with Crippen LogP contribution in [-0.4, -0.2) is 12.6 Å².